The maximum atomic E-state index is 11.8. The first-order valence-corrected chi connectivity index (χ1v) is 11.3. The average molecular weight is 377 g/mol. The van der Waals surface area contributed by atoms with E-state index < -0.39 is 11.2 Å². The third-order valence-corrected chi connectivity index (χ3v) is 6.02. The van der Waals surface area contributed by atoms with Crippen LogP contribution in [0.15, 0.2) is 0 Å². The number of esters is 2. The van der Waals surface area contributed by atoms with Gasteiger partial charge in [0.05, 0.1) is 11.5 Å². The molecule has 1 rings (SSSR count). The van der Waals surface area contributed by atoms with Gasteiger partial charge in [-0.1, -0.05) is 0 Å². The minimum atomic E-state index is -0.433. The van der Waals surface area contributed by atoms with Gasteiger partial charge >= 0.3 is 11.9 Å². The molecular formula is C18H32O4S2. The molecule has 24 heavy (non-hydrogen) atoms. The van der Waals surface area contributed by atoms with Crippen molar-refractivity contribution in [3.8, 4) is 0 Å². The molecule has 0 N–H and O–H groups in total. The predicted octanol–water partition coefficient (Wildman–Crippen LogP) is 4.16. The fourth-order valence-electron chi connectivity index (χ4n) is 3.53. The molecule has 1 fully saturated rings. The number of ether oxygens (including phenoxy) is 2. The van der Waals surface area contributed by atoms with Crippen molar-refractivity contribution in [2.75, 3.05) is 24.0 Å². The minimum absolute atomic E-state index is 0.138. The second-order valence-corrected chi connectivity index (χ2v) is 9.30. The van der Waals surface area contributed by atoms with E-state index in [-0.39, 0.29) is 11.9 Å². The van der Waals surface area contributed by atoms with Gasteiger partial charge in [0.1, 0.15) is 11.2 Å². The monoisotopic (exact) mass is 376 g/mol. The molecule has 0 aromatic rings. The van der Waals surface area contributed by atoms with Gasteiger partial charge in [0.2, 0.25) is 0 Å². The number of carbonyl (C=O) groups excluding carboxylic acids is 2. The van der Waals surface area contributed by atoms with Crippen molar-refractivity contribution in [1.82, 2.24) is 0 Å². The van der Waals surface area contributed by atoms with Crippen LogP contribution < -0.4 is 0 Å². The van der Waals surface area contributed by atoms with Crippen LogP contribution in [0.3, 0.4) is 0 Å². The molecule has 0 unspecified atom stereocenters. The van der Waals surface area contributed by atoms with E-state index in [1.165, 1.54) is 23.5 Å². The maximum Gasteiger partial charge on any atom is 0.316 e. The molecule has 4 nitrogen and oxygen atoms in total. The number of hydrogen-bond acceptors (Lipinski definition) is 6. The highest BCUT2D eigenvalue weighted by atomic mass is 32.2. The lowest BCUT2D eigenvalue weighted by Gasteiger charge is -2.43. The average Bonchev–Trinajstić information content (AvgIpc) is 2.46. The Bertz CT molecular complexity index is 387. The molecule has 0 radical (unpaired) electrons. The first-order valence-electron chi connectivity index (χ1n) is 8.54. The molecule has 0 amide bonds. The van der Waals surface area contributed by atoms with E-state index in [2.05, 4.69) is 0 Å². The highest BCUT2D eigenvalue weighted by molar-refractivity contribution is 7.99. The Morgan fingerprint density at radius 2 is 1.08 bits per heavy atom. The first-order chi connectivity index (χ1) is 11.1. The summed E-state index contributed by atoms with van der Waals surface area (Å²) in [5.41, 5.74) is -0.866. The summed E-state index contributed by atoms with van der Waals surface area (Å²) in [5.74, 6) is 1.24. The standard InChI is InChI=1S/C18H32O4S2/c1-17(2,21-15(19)11-23-5)13-7-9-14(10-8-13)18(3,4)22-16(20)12-24-6/h13-14H,7-12H2,1-6H3. The quantitative estimate of drug-likeness (QED) is 0.593. The van der Waals surface area contributed by atoms with Crippen LogP contribution in [-0.2, 0) is 19.1 Å². The molecule has 0 saturated heterocycles. The van der Waals surface area contributed by atoms with Crippen molar-refractivity contribution in [2.24, 2.45) is 11.8 Å². The lowest BCUT2D eigenvalue weighted by atomic mass is 9.70. The number of rotatable bonds is 8. The fraction of sp³-hybridized carbons (Fsp3) is 0.889. The summed E-state index contributed by atoms with van der Waals surface area (Å²) in [4.78, 5) is 23.6. The van der Waals surface area contributed by atoms with E-state index >= 15 is 0 Å². The topological polar surface area (TPSA) is 52.6 Å². The lowest BCUT2D eigenvalue weighted by Crippen LogP contribution is -2.44. The number of thioether (sulfide) groups is 2. The van der Waals surface area contributed by atoms with Crippen molar-refractivity contribution < 1.29 is 19.1 Å². The van der Waals surface area contributed by atoms with Crippen LogP contribution in [-0.4, -0.2) is 47.2 Å². The normalized spacial score (nSPS) is 22.1. The Morgan fingerprint density at radius 3 is 1.33 bits per heavy atom. The van der Waals surface area contributed by atoms with Crippen LogP contribution in [0.2, 0.25) is 0 Å². The second-order valence-electron chi connectivity index (χ2n) is 7.57. The smallest absolute Gasteiger partial charge is 0.316 e. The van der Waals surface area contributed by atoms with E-state index in [1.807, 2.05) is 40.2 Å². The van der Waals surface area contributed by atoms with Crippen molar-refractivity contribution in [2.45, 2.75) is 64.6 Å². The summed E-state index contributed by atoms with van der Waals surface area (Å²) in [6, 6.07) is 0. The van der Waals surface area contributed by atoms with Gasteiger partial charge in [-0.15, -0.1) is 0 Å². The number of hydrogen-bond donors (Lipinski definition) is 0. The molecular weight excluding hydrogens is 344 g/mol. The zero-order valence-electron chi connectivity index (χ0n) is 15.8. The van der Waals surface area contributed by atoms with E-state index in [4.69, 9.17) is 9.47 Å². The van der Waals surface area contributed by atoms with Gasteiger partial charge in [-0.05, 0) is 77.7 Å². The van der Waals surface area contributed by atoms with E-state index in [0.29, 0.717) is 23.3 Å². The van der Waals surface area contributed by atoms with Crippen molar-refractivity contribution in [1.29, 1.82) is 0 Å². The van der Waals surface area contributed by atoms with Gasteiger partial charge < -0.3 is 9.47 Å². The van der Waals surface area contributed by atoms with E-state index in [9.17, 15) is 9.59 Å². The summed E-state index contributed by atoms with van der Waals surface area (Å²) in [6.07, 6.45) is 7.78. The highest BCUT2D eigenvalue weighted by Gasteiger charge is 2.41. The van der Waals surface area contributed by atoms with Crippen molar-refractivity contribution >= 4 is 35.5 Å². The van der Waals surface area contributed by atoms with Crippen LogP contribution in [0, 0.1) is 11.8 Å². The molecule has 0 aromatic carbocycles. The van der Waals surface area contributed by atoms with Crippen LogP contribution in [0.4, 0.5) is 0 Å². The third kappa shape index (κ3) is 6.51. The molecule has 1 aliphatic rings. The zero-order chi connectivity index (χ0) is 18.4. The van der Waals surface area contributed by atoms with Crippen LogP contribution in [0.25, 0.3) is 0 Å². The third-order valence-electron chi connectivity index (χ3n) is 4.97. The van der Waals surface area contributed by atoms with Crippen LogP contribution in [0.5, 0.6) is 0 Å². The zero-order valence-corrected chi connectivity index (χ0v) is 17.5. The molecule has 0 aromatic heterocycles. The minimum Gasteiger partial charge on any atom is -0.459 e. The van der Waals surface area contributed by atoms with Gasteiger partial charge in [0.15, 0.2) is 0 Å². The Kier molecular flexibility index (Phi) is 8.46. The Morgan fingerprint density at radius 1 is 0.792 bits per heavy atom. The SMILES string of the molecule is CSCC(=O)OC(C)(C)C1CCC(C(C)(C)OC(=O)CSC)CC1. The van der Waals surface area contributed by atoms with E-state index in [0.717, 1.165) is 25.7 Å². The maximum absolute atomic E-state index is 11.8. The fourth-order valence-corrected chi connectivity index (χ4v) is 4.12. The second kappa shape index (κ2) is 9.37. The van der Waals surface area contributed by atoms with Crippen molar-refractivity contribution in [3.05, 3.63) is 0 Å². The summed E-state index contributed by atoms with van der Waals surface area (Å²) in [6.45, 7) is 8.06. The molecule has 0 aliphatic heterocycles. The first kappa shape index (κ1) is 21.7. The van der Waals surface area contributed by atoms with Gasteiger partial charge in [0.25, 0.3) is 0 Å². The summed E-state index contributed by atoms with van der Waals surface area (Å²) in [5, 5.41) is 0. The van der Waals surface area contributed by atoms with Gasteiger partial charge in [-0.25, -0.2) is 0 Å². The van der Waals surface area contributed by atoms with E-state index in [1.54, 1.807) is 0 Å². The Hall–Kier alpha value is -0.360. The molecule has 0 atom stereocenters. The van der Waals surface area contributed by atoms with Gasteiger partial charge in [0, 0.05) is 0 Å². The summed E-state index contributed by atoms with van der Waals surface area (Å²) < 4.78 is 11.4. The summed E-state index contributed by atoms with van der Waals surface area (Å²) >= 11 is 2.97. The summed E-state index contributed by atoms with van der Waals surface area (Å²) in [7, 11) is 0. The van der Waals surface area contributed by atoms with Crippen LogP contribution >= 0.6 is 23.5 Å². The largest absolute Gasteiger partial charge is 0.459 e. The van der Waals surface area contributed by atoms with Gasteiger partial charge in [-0.2, -0.15) is 23.5 Å². The Balaban J connectivity index is 2.55. The molecule has 140 valence electrons. The van der Waals surface area contributed by atoms with Crippen molar-refractivity contribution in [3.63, 3.8) is 0 Å². The number of carbonyl (C=O) groups is 2. The predicted molar refractivity (Wildman–Crippen MR) is 103 cm³/mol. The van der Waals surface area contributed by atoms with Gasteiger partial charge in [-0.3, -0.25) is 9.59 Å². The highest BCUT2D eigenvalue weighted by Crippen LogP contribution is 2.42. The Labute approximate surface area is 155 Å². The molecule has 1 saturated carbocycles. The molecule has 0 heterocycles. The molecule has 1 aliphatic carbocycles. The molecule has 0 bridgehead atoms. The molecule has 0 spiro atoms. The van der Waals surface area contributed by atoms with Crippen LogP contribution in [0.1, 0.15) is 53.4 Å². The lowest BCUT2D eigenvalue weighted by molar-refractivity contribution is -0.166. The molecule has 6 heteroatoms.